The fraction of sp³-hybridized carbons (Fsp3) is 0.531. The predicted molar refractivity (Wildman–Crippen MR) is 156 cm³/mol. The van der Waals surface area contributed by atoms with Gasteiger partial charge in [0.1, 0.15) is 23.4 Å². The SMILES string of the molecule is COC(=O)[C@@H]1C[C@]2(OC)CN1C(=O)[C@H](C(C)(C)C)NC(=O)OCC(C)(C)CC=Cc1cc3cc2ccc3cc1OC. The third-order valence-electron chi connectivity index (χ3n) is 8.12. The fourth-order valence-electron chi connectivity index (χ4n) is 5.61. The molecular weight excluding hydrogens is 524 g/mol. The number of allylic oxidation sites excluding steroid dienone is 1. The summed E-state index contributed by atoms with van der Waals surface area (Å²) in [4.78, 5) is 41.7. The van der Waals surface area contributed by atoms with E-state index >= 15 is 0 Å². The Morgan fingerprint density at radius 3 is 2.44 bits per heavy atom. The standard InChI is InChI=1S/C32H42N2O7/c1-30(2,3)26-27(35)34-18-32(40-8,17-24(34)28(36)39-7)23-12-11-20-16-25(38-6)21(14-22(20)15-23)10-9-13-31(4,5)19-41-29(37)33-26/h9-12,14-16,24,26H,13,17-19H2,1-8H3,(H,33,37)/t24-,26+,32-/m0/s1. The van der Waals surface area contributed by atoms with E-state index in [9.17, 15) is 14.4 Å². The molecule has 1 fully saturated rings. The van der Waals surface area contributed by atoms with Crippen LogP contribution < -0.4 is 10.1 Å². The van der Waals surface area contributed by atoms with Gasteiger partial charge < -0.3 is 29.2 Å². The Balaban J connectivity index is 1.90. The van der Waals surface area contributed by atoms with E-state index in [4.69, 9.17) is 18.9 Å². The number of amides is 2. The lowest BCUT2D eigenvalue weighted by Gasteiger charge is -2.35. The summed E-state index contributed by atoms with van der Waals surface area (Å²) in [6, 6.07) is 8.19. The van der Waals surface area contributed by atoms with Crippen LogP contribution in [0.15, 0.2) is 36.4 Å². The molecule has 5 bridgehead atoms. The number of methoxy groups -OCH3 is 3. The number of carbonyl (C=O) groups excluding carboxylic acids is 3. The number of cyclic esters (lactones) is 1. The Morgan fingerprint density at radius 1 is 1.07 bits per heavy atom. The van der Waals surface area contributed by atoms with Crippen molar-refractivity contribution < 1.29 is 33.3 Å². The summed E-state index contributed by atoms with van der Waals surface area (Å²) < 4.78 is 22.5. The van der Waals surface area contributed by atoms with E-state index in [0.29, 0.717) is 6.42 Å². The number of nitrogens with one attached hydrogen (secondary N) is 1. The van der Waals surface area contributed by atoms with Gasteiger partial charge in [-0.05, 0) is 46.4 Å². The van der Waals surface area contributed by atoms with E-state index in [-0.39, 0.29) is 25.0 Å². The van der Waals surface area contributed by atoms with Crippen molar-refractivity contribution >= 4 is 34.8 Å². The van der Waals surface area contributed by atoms with Crippen molar-refractivity contribution in [1.82, 2.24) is 10.2 Å². The molecule has 0 aliphatic carbocycles. The Morgan fingerprint density at radius 2 is 1.80 bits per heavy atom. The predicted octanol–water partition coefficient (Wildman–Crippen LogP) is 5.05. The Labute approximate surface area is 242 Å². The molecule has 2 aromatic rings. The molecule has 222 valence electrons. The highest BCUT2D eigenvalue weighted by molar-refractivity contribution is 5.92. The van der Waals surface area contributed by atoms with E-state index in [0.717, 1.165) is 27.6 Å². The van der Waals surface area contributed by atoms with Crippen LogP contribution in [-0.2, 0) is 29.4 Å². The zero-order valence-electron chi connectivity index (χ0n) is 25.3. The highest BCUT2D eigenvalue weighted by Crippen LogP contribution is 2.42. The molecule has 9 heteroatoms. The maximum atomic E-state index is 14.2. The molecule has 4 rings (SSSR count). The topological polar surface area (TPSA) is 103 Å². The quantitative estimate of drug-likeness (QED) is 0.519. The van der Waals surface area contributed by atoms with Crippen molar-refractivity contribution in [2.75, 3.05) is 34.5 Å². The zero-order valence-corrected chi connectivity index (χ0v) is 25.3. The van der Waals surface area contributed by atoms with Crippen LogP contribution in [0.25, 0.3) is 16.8 Å². The number of ether oxygens (including phenoxy) is 4. The third-order valence-corrected chi connectivity index (χ3v) is 8.12. The van der Waals surface area contributed by atoms with Crippen LogP contribution >= 0.6 is 0 Å². The average molecular weight is 567 g/mol. The van der Waals surface area contributed by atoms with Gasteiger partial charge in [-0.25, -0.2) is 9.59 Å². The largest absolute Gasteiger partial charge is 0.496 e. The van der Waals surface area contributed by atoms with E-state index < -0.39 is 41.1 Å². The van der Waals surface area contributed by atoms with Crippen LogP contribution in [0, 0.1) is 10.8 Å². The van der Waals surface area contributed by atoms with Crippen molar-refractivity contribution in [3.8, 4) is 5.75 Å². The summed E-state index contributed by atoms with van der Waals surface area (Å²) in [5.74, 6) is -0.208. The lowest BCUT2D eigenvalue weighted by molar-refractivity contribution is -0.152. The van der Waals surface area contributed by atoms with Gasteiger partial charge >= 0.3 is 12.1 Å². The summed E-state index contributed by atoms with van der Waals surface area (Å²) in [5.41, 5.74) is -0.272. The highest BCUT2D eigenvalue weighted by Gasteiger charge is 2.53. The number of nitrogens with zero attached hydrogens (tertiary/aromatic N) is 1. The molecule has 2 amide bonds. The molecule has 2 aliphatic rings. The van der Waals surface area contributed by atoms with Crippen LogP contribution in [-0.4, -0.2) is 69.4 Å². The van der Waals surface area contributed by atoms with Gasteiger partial charge in [0.15, 0.2) is 0 Å². The molecule has 1 N–H and O–H groups in total. The lowest BCUT2D eigenvalue weighted by atomic mass is 9.85. The number of rotatable bonds is 3. The van der Waals surface area contributed by atoms with E-state index in [1.54, 1.807) is 14.2 Å². The van der Waals surface area contributed by atoms with E-state index in [1.165, 1.54) is 12.0 Å². The molecule has 0 spiro atoms. The van der Waals surface area contributed by atoms with E-state index in [1.807, 2.05) is 71.0 Å². The van der Waals surface area contributed by atoms with Crippen molar-refractivity contribution in [2.45, 2.75) is 65.1 Å². The van der Waals surface area contributed by atoms with Gasteiger partial charge in [0.25, 0.3) is 0 Å². The molecule has 1 saturated heterocycles. The number of carbonyl (C=O) groups is 3. The minimum absolute atomic E-state index is 0.104. The molecule has 0 aromatic heterocycles. The number of esters is 1. The first-order chi connectivity index (χ1) is 19.2. The van der Waals surface area contributed by atoms with Crippen LogP contribution in [0.2, 0.25) is 0 Å². The molecular formula is C32H42N2O7. The van der Waals surface area contributed by atoms with Crippen LogP contribution in [0.1, 0.15) is 58.6 Å². The monoisotopic (exact) mass is 566 g/mol. The van der Waals surface area contributed by atoms with Crippen molar-refractivity contribution in [3.05, 3.63) is 47.5 Å². The Hall–Kier alpha value is -3.59. The van der Waals surface area contributed by atoms with Crippen molar-refractivity contribution in [3.63, 3.8) is 0 Å². The second kappa shape index (κ2) is 11.4. The van der Waals surface area contributed by atoms with Crippen LogP contribution in [0.3, 0.4) is 0 Å². The number of hydrogen-bond donors (Lipinski definition) is 1. The van der Waals surface area contributed by atoms with E-state index in [2.05, 4.69) is 11.4 Å². The van der Waals surface area contributed by atoms with Gasteiger partial charge in [-0.1, -0.05) is 58.9 Å². The number of alkyl carbamates (subject to hydrolysis) is 1. The molecule has 41 heavy (non-hydrogen) atoms. The van der Waals surface area contributed by atoms with Gasteiger partial charge in [0, 0.05) is 24.5 Å². The van der Waals surface area contributed by atoms with Crippen LogP contribution in [0.5, 0.6) is 5.75 Å². The summed E-state index contributed by atoms with van der Waals surface area (Å²) in [6.07, 6.45) is 4.21. The Bertz CT molecular complexity index is 1360. The molecule has 0 unspecified atom stereocenters. The van der Waals surface area contributed by atoms with Gasteiger partial charge in [-0.15, -0.1) is 0 Å². The molecule has 0 radical (unpaired) electrons. The van der Waals surface area contributed by atoms with Gasteiger partial charge in [0.05, 0.1) is 27.4 Å². The summed E-state index contributed by atoms with van der Waals surface area (Å²) >= 11 is 0. The molecule has 3 atom stereocenters. The summed E-state index contributed by atoms with van der Waals surface area (Å²) in [5, 5.41) is 4.75. The first-order valence-electron chi connectivity index (χ1n) is 13.9. The fourth-order valence-corrected chi connectivity index (χ4v) is 5.61. The average Bonchev–Trinajstić information content (AvgIpc) is 3.33. The minimum Gasteiger partial charge on any atom is -0.496 e. The second-order valence-corrected chi connectivity index (χ2v) is 12.9. The first kappa shape index (κ1) is 30.4. The van der Waals surface area contributed by atoms with Gasteiger partial charge in [-0.3, -0.25) is 4.79 Å². The van der Waals surface area contributed by atoms with Crippen molar-refractivity contribution in [1.29, 1.82) is 0 Å². The smallest absolute Gasteiger partial charge is 0.407 e. The minimum atomic E-state index is -0.975. The molecule has 9 nitrogen and oxygen atoms in total. The summed E-state index contributed by atoms with van der Waals surface area (Å²) in [7, 11) is 4.53. The van der Waals surface area contributed by atoms with Gasteiger partial charge in [-0.2, -0.15) is 0 Å². The number of hydrogen-bond acceptors (Lipinski definition) is 7. The van der Waals surface area contributed by atoms with Crippen molar-refractivity contribution in [2.24, 2.45) is 10.8 Å². The first-order valence-corrected chi connectivity index (χ1v) is 13.9. The number of benzene rings is 2. The van der Waals surface area contributed by atoms with Crippen LogP contribution in [0.4, 0.5) is 4.79 Å². The Kier molecular flexibility index (Phi) is 8.41. The molecule has 2 aromatic carbocycles. The molecule has 2 heterocycles. The highest BCUT2D eigenvalue weighted by atomic mass is 16.5. The zero-order chi connectivity index (χ0) is 30.2. The maximum Gasteiger partial charge on any atom is 0.407 e. The second-order valence-electron chi connectivity index (χ2n) is 12.9. The van der Waals surface area contributed by atoms with Gasteiger partial charge in [0.2, 0.25) is 5.91 Å². The maximum absolute atomic E-state index is 14.2. The lowest BCUT2D eigenvalue weighted by Crippen LogP contribution is -2.57. The third kappa shape index (κ3) is 6.20. The summed E-state index contributed by atoms with van der Waals surface area (Å²) in [6.45, 7) is 9.85. The number of fused-ring (bicyclic) bond motifs is 5. The molecule has 2 aliphatic heterocycles. The normalized spacial score (nSPS) is 25.0. The molecule has 0 saturated carbocycles.